The van der Waals surface area contributed by atoms with Crippen LogP contribution in [0.3, 0.4) is 0 Å². The lowest BCUT2D eigenvalue weighted by Gasteiger charge is -2.10. The highest BCUT2D eigenvalue weighted by molar-refractivity contribution is 7.91. The molecule has 0 aromatic carbocycles. The van der Waals surface area contributed by atoms with Gasteiger partial charge in [0.15, 0.2) is 0 Å². The van der Waals surface area contributed by atoms with Gasteiger partial charge in [-0.3, -0.25) is 4.79 Å². The zero-order chi connectivity index (χ0) is 12.3. The van der Waals surface area contributed by atoms with Crippen molar-refractivity contribution < 1.29 is 13.2 Å². The second kappa shape index (κ2) is 4.81. The Hall–Kier alpha value is -1.12. The van der Waals surface area contributed by atoms with E-state index in [4.69, 9.17) is 5.73 Å². The SMILES string of the molecule is CN(C)C(=O)CNS(=O)(=O)c1cc(N)cs1. The van der Waals surface area contributed by atoms with Crippen molar-refractivity contribution in [2.24, 2.45) is 0 Å². The van der Waals surface area contributed by atoms with Crippen molar-refractivity contribution in [1.82, 2.24) is 9.62 Å². The van der Waals surface area contributed by atoms with E-state index in [2.05, 4.69) is 4.72 Å². The number of likely N-dealkylation sites (N-methyl/N-ethyl adjacent to an activating group) is 1. The number of thiophene rings is 1. The predicted molar refractivity (Wildman–Crippen MR) is 62.6 cm³/mol. The molecule has 1 aromatic heterocycles. The standard InChI is InChI=1S/C8H13N3O3S2/c1-11(2)7(12)4-10-16(13,14)8-3-6(9)5-15-8/h3,5,10H,4,9H2,1-2H3. The summed E-state index contributed by atoms with van der Waals surface area (Å²) < 4.78 is 25.6. The lowest BCUT2D eigenvalue weighted by atomic mass is 10.6. The predicted octanol–water partition coefficient (Wildman–Crippen LogP) is -0.303. The first-order chi connectivity index (χ1) is 7.33. The van der Waals surface area contributed by atoms with Gasteiger partial charge >= 0.3 is 0 Å². The van der Waals surface area contributed by atoms with E-state index in [9.17, 15) is 13.2 Å². The molecule has 0 aliphatic heterocycles. The zero-order valence-electron chi connectivity index (χ0n) is 8.93. The van der Waals surface area contributed by atoms with Gasteiger partial charge in [-0.25, -0.2) is 13.1 Å². The first kappa shape index (κ1) is 12.9. The molecular weight excluding hydrogens is 250 g/mol. The van der Waals surface area contributed by atoms with E-state index in [0.29, 0.717) is 5.69 Å². The van der Waals surface area contributed by atoms with E-state index in [1.165, 1.54) is 16.3 Å². The Labute approximate surface area is 98.1 Å². The van der Waals surface area contributed by atoms with Gasteiger partial charge in [-0.05, 0) is 6.07 Å². The first-order valence-electron chi connectivity index (χ1n) is 4.37. The Bertz CT molecular complexity index is 478. The topological polar surface area (TPSA) is 92.5 Å². The van der Waals surface area contributed by atoms with Gasteiger partial charge in [0.05, 0.1) is 6.54 Å². The molecule has 16 heavy (non-hydrogen) atoms. The second-order valence-electron chi connectivity index (χ2n) is 3.31. The molecule has 0 saturated carbocycles. The molecule has 0 saturated heterocycles. The van der Waals surface area contributed by atoms with Gasteiger partial charge in [0, 0.05) is 25.2 Å². The minimum atomic E-state index is -3.63. The molecule has 8 heteroatoms. The molecule has 3 N–H and O–H groups in total. The van der Waals surface area contributed by atoms with Crippen LogP contribution in [0.25, 0.3) is 0 Å². The highest BCUT2D eigenvalue weighted by atomic mass is 32.2. The van der Waals surface area contributed by atoms with Gasteiger partial charge in [0.1, 0.15) is 4.21 Å². The fourth-order valence-electron chi connectivity index (χ4n) is 0.857. The number of carbonyl (C=O) groups is 1. The van der Waals surface area contributed by atoms with Crippen LogP contribution in [0, 0.1) is 0 Å². The second-order valence-corrected chi connectivity index (χ2v) is 6.22. The lowest BCUT2D eigenvalue weighted by Crippen LogP contribution is -2.35. The maximum atomic E-state index is 11.6. The van der Waals surface area contributed by atoms with Crippen molar-refractivity contribution in [3.8, 4) is 0 Å². The van der Waals surface area contributed by atoms with Crippen molar-refractivity contribution in [3.05, 3.63) is 11.4 Å². The summed E-state index contributed by atoms with van der Waals surface area (Å²) in [6.45, 7) is -0.257. The number of rotatable bonds is 4. The van der Waals surface area contributed by atoms with E-state index >= 15 is 0 Å². The van der Waals surface area contributed by atoms with Crippen LogP contribution >= 0.6 is 11.3 Å². The summed E-state index contributed by atoms with van der Waals surface area (Å²) in [5.74, 6) is -0.312. The lowest BCUT2D eigenvalue weighted by molar-refractivity contribution is -0.127. The smallest absolute Gasteiger partial charge is 0.250 e. The summed E-state index contributed by atoms with van der Waals surface area (Å²) in [6, 6.07) is 1.35. The van der Waals surface area contributed by atoms with Gasteiger partial charge in [0.2, 0.25) is 5.91 Å². The maximum Gasteiger partial charge on any atom is 0.250 e. The van der Waals surface area contributed by atoms with Gasteiger partial charge in [0.25, 0.3) is 10.0 Å². The molecule has 0 radical (unpaired) electrons. The molecule has 0 fully saturated rings. The fourth-order valence-corrected chi connectivity index (χ4v) is 2.96. The maximum absolute atomic E-state index is 11.6. The largest absolute Gasteiger partial charge is 0.398 e. The molecule has 0 aliphatic carbocycles. The van der Waals surface area contributed by atoms with E-state index < -0.39 is 10.0 Å². The molecule has 1 heterocycles. The summed E-state index contributed by atoms with van der Waals surface area (Å²) in [6.07, 6.45) is 0. The summed E-state index contributed by atoms with van der Waals surface area (Å²) >= 11 is 1.02. The van der Waals surface area contributed by atoms with Crippen LogP contribution in [0.1, 0.15) is 0 Å². The highest BCUT2D eigenvalue weighted by Gasteiger charge is 2.17. The van der Waals surface area contributed by atoms with Crippen molar-refractivity contribution in [3.63, 3.8) is 0 Å². The zero-order valence-corrected chi connectivity index (χ0v) is 10.6. The molecule has 0 atom stereocenters. The van der Waals surface area contributed by atoms with Gasteiger partial charge in [-0.2, -0.15) is 0 Å². The molecule has 1 aromatic rings. The highest BCUT2D eigenvalue weighted by Crippen LogP contribution is 2.20. The van der Waals surface area contributed by atoms with Crippen LogP contribution in [-0.2, 0) is 14.8 Å². The van der Waals surface area contributed by atoms with Crippen molar-refractivity contribution in [1.29, 1.82) is 0 Å². The van der Waals surface area contributed by atoms with Crippen LogP contribution in [-0.4, -0.2) is 39.9 Å². The molecule has 0 unspecified atom stereocenters. The van der Waals surface area contributed by atoms with Crippen LogP contribution in [0.4, 0.5) is 5.69 Å². The average Bonchev–Trinajstić information content (AvgIpc) is 2.61. The number of hydrogen-bond acceptors (Lipinski definition) is 5. The van der Waals surface area contributed by atoms with Crippen molar-refractivity contribution in [2.75, 3.05) is 26.4 Å². The van der Waals surface area contributed by atoms with E-state index in [-0.39, 0.29) is 16.7 Å². The third kappa shape index (κ3) is 3.19. The number of nitrogens with two attached hydrogens (primary N) is 1. The third-order valence-electron chi connectivity index (χ3n) is 1.77. The Morgan fingerprint density at radius 1 is 1.56 bits per heavy atom. The van der Waals surface area contributed by atoms with Crippen LogP contribution in [0.15, 0.2) is 15.7 Å². The quantitative estimate of drug-likeness (QED) is 0.780. The van der Waals surface area contributed by atoms with Gasteiger partial charge in [-0.15, -0.1) is 11.3 Å². The average molecular weight is 263 g/mol. The van der Waals surface area contributed by atoms with Crippen LogP contribution in [0.2, 0.25) is 0 Å². The summed E-state index contributed by atoms with van der Waals surface area (Å²) in [7, 11) is -0.516. The molecule has 1 rings (SSSR count). The number of nitrogens with zero attached hydrogens (tertiary/aromatic N) is 1. The number of hydrogen-bond donors (Lipinski definition) is 2. The Morgan fingerprint density at radius 2 is 2.19 bits per heavy atom. The molecule has 90 valence electrons. The normalized spacial score (nSPS) is 11.4. The summed E-state index contributed by atoms with van der Waals surface area (Å²) in [5.41, 5.74) is 5.82. The Kier molecular flexibility index (Phi) is 3.89. The molecule has 0 aliphatic rings. The number of carbonyl (C=O) groups excluding carboxylic acids is 1. The van der Waals surface area contributed by atoms with E-state index in [0.717, 1.165) is 11.3 Å². The van der Waals surface area contributed by atoms with E-state index in [1.807, 2.05) is 0 Å². The van der Waals surface area contributed by atoms with Crippen LogP contribution in [0.5, 0.6) is 0 Å². The van der Waals surface area contributed by atoms with Crippen molar-refractivity contribution >= 4 is 33.0 Å². The molecule has 0 spiro atoms. The molecule has 0 bridgehead atoms. The number of amides is 1. The minimum absolute atomic E-state index is 0.108. The number of sulfonamides is 1. The third-order valence-corrected chi connectivity index (χ3v) is 4.63. The Morgan fingerprint density at radius 3 is 2.62 bits per heavy atom. The number of anilines is 1. The monoisotopic (exact) mass is 263 g/mol. The van der Waals surface area contributed by atoms with Gasteiger partial charge in [-0.1, -0.05) is 0 Å². The van der Waals surface area contributed by atoms with Gasteiger partial charge < -0.3 is 10.6 Å². The number of nitrogens with one attached hydrogen (secondary N) is 1. The minimum Gasteiger partial charge on any atom is -0.398 e. The van der Waals surface area contributed by atoms with Crippen molar-refractivity contribution in [2.45, 2.75) is 4.21 Å². The first-order valence-corrected chi connectivity index (χ1v) is 6.73. The number of nitrogen functional groups attached to an aromatic ring is 1. The molecule has 1 amide bonds. The summed E-state index contributed by atoms with van der Waals surface area (Å²) in [5, 5.41) is 1.53. The molecular formula is C8H13N3O3S2. The van der Waals surface area contributed by atoms with E-state index in [1.54, 1.807) is 14.1 Å². The van der Waals surface area contributed by atoms with Crippen LogP contribution < -0.4 is 10.5 Å². The fraction of sp³-hybridized carbons (Fsp3) is 0.375. The summed E-state index contributed by atoms with van der Waals surface area (Å²) in [4.78, 5) is 12.5. The molecule has 6 nitrogen and oxygen atoms in total. The Balaban J connectivity index is 2.70.